The molecule has 5 nitrogen and oxygen atoms in total. The van der Waals surface area contributed by atoms with Crippen LogP contribution in [0.4, 0.5) is 0 Å². The number of carbonyl (C=O) groups excluding carboxylic acids is 2. The maximum Gasteiger partial charge on any atom is 0.226 e. The Labute approximate surface area is 164 Å². The second kappa shape index (κ2) is 8.50. The summed E-state index contributed by atoms with van der Waals surface area (Å²) >= 11 is 0. The molecule has 0 N–H and O–H groups in total. The number of amides is 2. The van der Waals surface area contributed by atoms with Crippen molar-refractivity contribution >= 4 is 11.8 Å². The van der Waals surface area contributed by atoms with Gasteiger partial charge in [0.2, 0.25) is 11.8 Å². The summed E-state index contributed by atoms with van der Waals surface area (Å²) in [4.78, 5) is 32.1. The number of piperidine rings is 2. The summed E-state index contributed by atoms with van der Waals surface area (Å²) in [7, 11) is 2.04. The van der Waals surface area contributed by atoms with Crippen molar-refractivity contribution in [3.05, 3.63) is 0 Å². The number of rotatable bonds is 4. The van der Waals surface area contributed by atoms with Crippen LogP contribution in [0.3, 0.4) is 0 Å². The van der Waals surface area contributed by atoms with Gasteiger partial charge in [-0.25, -0.2) is 0 Å². The van der Waals surface area contributed by atoms with Gasteiger partial charge >= 0.3 is 0 Å². The van der Waals surface area contributed by atoms with Crippen molar-refractivity contribution in [2.45, 2.75) is 82.7 Å². The summed E-state index contributed by atoms with van der Waals surface area (Å²) in [5.74, 6) is 1.30. The van der Waals surface area contributed by atoms with Crippen molar-refractivity contribution in [3.8, 4) is 0 Å². The molecule has 2 saturated heterocycles. The molecule has 2 aliphatic carbocycles. The van der Waals surface area contributed by atoms with Crippen molar-refractivity contribution in [2.24, 2.45) is 11.8 Å². The van der Waals surface area contributed by atoms with Crippen LogP contribution in [0.15, 0.2) is 0 Å². The van der Waals surface area contributed by atoms with Crippen LogP contribution in [0.25, 0.3) is 0 Å². The van der Waals surface area contributed by atoms with Crippen molar-refractivity contribution < 1.29 is 9.59 Å². The van der Waals surface area contributed by atoms with Gasteiger partial charge in [-0.05, 0) is 57.9 Å². The molecule has 4 fully saturated rings. The van der Waals surface area contributed by atoms with Gasteiger partial charge in [-0.2, -0.15) is 0 Å². The van der Waals surface area contributed by atoms with E-state index in [0.29, 0.717) is 29.8 Å². The number of likely N-dealkylation sites (tertiary alicyclic amines) is 2. The second-order valence-corrected chi connectivity index (χ2v) is 9.41. The average Bonchev–Trinajstić information content (AvgIpc) is 3.58. The van der Waals surface area contributed by atoms with Gasteiger partial charge in [-0.1, -0.05) is 19.3 Å². The number of hydrogen-bond donors (Lipinski definition) is 0. The first-order valence-electron chi connectivity index (χ1n) is 11.4. The Bertz CT molecular complexity index is 534. The molecule has 0 aromatic carbocycles. The van der Waals surface area contributed by atoms with E-state index in [1.165, 1.54) is 32.1 Å². The Morgan fingerprint density at radius 3 is 2.15 bits per heavy atom. The molecule has 0 spiro atoms. The lowest BCUT2D eigenvalue weighted by molar-refractivity contribution is -0.139. The minimum atomic E-state index is 0.178. The molecule has 2 amide bonds. The summed E-state index contributed by atoms with van der Waals surface area (Å²) in [6.45, 7) is 3.88. The summed E-state index contributed by atoms with van der Waals surface area (Å²) in [5, 5.41) is 0. The van der Waals surface area contributed by atoms with Gasteiger partial charge in [0.05, 0.1) is 5.92 Å². The first kappa shape index (κ1) is 19.2. The summed E-state index contributed by atoms with van der Waals surface area (Å²) in [6, 6.07) is 1.03. The van der Waals surface area contributed by atoms with Crippen LogP contribution in [0, 0.1) is 11.8 Å². The Kier molecular flexibility index (Phi) is 6.05. The number of carbonyl (C=O) groups is 2. The van der Waals surface area contributed by atoms with E-state index < -0.39 is 0 Å². The molecule has 4 rings (SSSR count). The van der Waals surface area contributed by atoms with Gasteiger partial charge in [0.25, 0.3) is 0 Å². The topological polar surface area (TPSA) is 43.9 Å². The average molecular weight is 376 g/mol. The van der Waals surface area contributed by atoms with Gasteiger partial charge in [-0.3, -0.25) is 14.5 Å². The fraction of sp³-hybridized carbons (Fsp3) is 0.909. The van der Waals surface area contributed by atoms with Gasteiger partial charge in [0.15, 0.2) is 0 Å². The molecule has 2 aliphatic heterocycles. The van der Waals surface area contributed by atoms with Crippen molar-refractivity contribution in [1.82, 2.24) is 14.7 Å². The van der Waals surface area contributed by atoms with Crippen LogP contribution >= 0.6 is 0 Å². The van der Waals surface area contributed by atoms with Crippen LogP contribution in [-0.2, 0) is 9.59 Å². The standard InChI is InChI=1S/C22H37N3O2/c1-23(19-7-3-2-4-8-19)21(26)18-6-5-13-25(16-18)20-11-14-24(15-12-20)22(27)17-9-10-17/h17-20H,2-16H2,1H3/t18-/m1/s1. The largest absolute Gasteiger partial charge is 0.342 e. The minimum absolute atomic E-state index is 0.178. The predicted molar refractivity (Wildman–Crippen MR) is 106 cm³/mol. The first-order valence-corrected chi connectivity index (χ1v) is 11.4. The van der Waals surface area contributed by atoms with E-state index in [2.05, 4.69) is 14.7 Å². The van der Waals surface area contributed by atoms with Crippen LogP contribution in [-0.4, -0.2) is 71.8 Å². The molecular weight excluding hydrogens is 338 g/mol. The Hall–Kier alpha value is -1.10. The van der Waals surface area contributed by atoms with Crippen molar-refractivity contribution in [2.75, 3.05) is 33.2 Å². The van der Waals surface area contributed by atoms with E-state index in [-0.39, 0.29) is 5.92 Å². The summed E-state index contributed by atoms with van der Waals surface area (Å²) in [5.41, 5.74) is 0. The molecule has 27 heavy (non-hydrogen) atoms. The SMILES string of the molecule is CN(C(=O)[C@@H]1CCCN(C2CCN(C(=O)C3CC3)CC2)C1)C1CCCCC1. The monoisotopic (exact) mass is 375 g/mol. The third-order valence-electron chi connectivity index (χ3n) is 7.49. The Morgan fingerprint density at radius 2 is 1.48 bits per heavy atom. The lowest BCUT2D eigenvalue weighted by atomic mass is 9.90. The minimum Gasteiger partial charge on any atom is -0.342 e. The van der Waals surface area contributed by atoms with E-state index in [0.717, 1.165) is 64.7 Å². The smallest absolute Gasteiger partial charge is 0.226 e. The highest BCUT2D eigenvalue weighted by Crippen LogP contribution is 2.33. The third kappa shape index (κ3) is 4.49. The highest BCUT2D eigenvalue weighted by atomic mass is 16.2. The normalized spacial score (nSPS) is 28.9. The fourth-order valence-electron chi connectivity index (χ4n) is 5.52. The van der Waals surface area contributed by atoms with Crippen LogP contribution < -0.4 is 0 Å². The van der Waals surface area contributed by atoms with Gasteiger partial charge in [0, 0.05) is 44.7 Å². The van der Waals surface area contributed by atoms with Crippen LogP contribution in [0.2, 0.25) is 0 Å². The summed E-state index contributed by atoms with van der Waals surface area (Å²) < 4.78 is 0. The lowest BCUT2D eigenvalue weighted by Gasteiger charge is -2.43. The first-order chi connectivity index (χ1) is 13.1. The van der Waals surface area contributed by atoms with E-state index in [1.54, 1.807) is 0 Å². The Balaban J connectivity index is 1.27. The van der Waals surface area contributed by atoms with E-state index in [1.807, 2.05) is 7.05 Å². The molecule has 0 bridgehead atoms. The predicted octanol–water partition coefficient (Wildman–Crippen LogP) is 2.89. The molecular formula is C22H37N3O2. The molecule has 5 heteroatoms. The molecule has 4 aliphatic rings. The van der Waals surface area contributed by atoms with Gasteiger partial charge < -0.3 is 9.80 Å². The lowest BCUT2D eigenvalue weighted by Crippen LogP contribution is -2.52. The third-order valence-corrected chi connectivity index (χ3v) is 7.49. The zero-order valence-corrected chi connectivity index (χ0v) is 17.1. The maximum absolute atomic E-state index is 13.1. The molecule has 2 heterocycles. The van der Waals surface area contributed by atoms with Crippen molar-refractivity contribution in [1.29, 1.82) is 0 Å². The quantitative estimate of drug-likeness (QED) is 0.759. The highest BCUT2D eigenvalue weighted by Gasteiger charge is 2.37. The molecule has 2 saturated carbocycles. The van der Waals surface area contributed by atoms with Crippen LogP contribution in [0.1, 0.15) is 70.6 Å². The summed E-state index contributed by atoms with van der Waals surface area (Å²) in [6.07, 6.45) is 12.8. The second-order valence-electron chi connectivity index (χ2n) is 9.41. The molecule has 152 valence electrons. The van der Waals surface area contributed by atoms with E-state index >= 15 is 0 Å². The van der Waals surface area contributed by atoms with E-state index in [4.69, 9.17) is 0 Å². The number of hydrogen-bond acceptors (Lipinski definition) is 3. The van der Waals surface area contributed by atoms with E-state index in [9.17, 15) is 9.59 Å². The molecule has 0 unspecified atom stereocenters. The number of nitrogens with zero attached hydrogens (tertiary/aromatic N) is 3. The fourth-order valence-corrected chi connectivity index (χ4v) is 5.52. The van der Waals surface area contributed by atoms with Gasteiger partial charge in [0.1, 0.15) is 0 Å². The molecule has 1 atom stereocenters. The molecule has 0 radical (unpaired) electrons. The zero-order chi connectivity index (χ0) is 18.8. The highest BCUT2D eigenvalue weighted by molar-refractivity contribution is 5.81. The maximum atomic E-state index is 13.1. The van der Waals surface area contributed by atoms with Gasteiger partial charge in [-0.15, -0.1) is 0 Å². The molecule has 0 aromatic heterocycles. The van der Waals surface area contributed by atoms with Crippen molar-refractivity contribution in [3.63, 3.8) is 0 Å². The zero-order valence-electron chi connectivity index (χ0n) is 17.1. The Morgan fingerprint density at radius 1 is 0.778 bits per heavy atom. The molecule has 0 aromatic rings. The van der Waals surface area contributed by atoms with Crippen LogP contribution in [0.5, 0.6) is 0 Å².